The minimum Gasteiger partial charge on any atom is -0.313 e. The molecule has 1 aliphatic rings. The van der Waals surface area contributed by atoms with Crippen LogP contribution in [0, 0.1) is 0 Å². The summed E-state index contributed by atoms with van der Waals surface area (Å²) in [5.74, 6) is 0.157. The van der Waals surface area contributed by atoms with Gasteiger partial charge in [0.05, 0.1) is 5.92 Å². The molecular formula is C18H28ClNO. The molecule has 0 saturated heterocycles. The standard InChI is InChI=1S/C16H22ClNO.C2H6/c1-12(19)16(13-7-9-14(17)10-8-13)11-18-15-5-3-2-4-6-15;1-2/h7-10,15-16,18H,2-6,11H2,1H3;1-2H3. The van der Waals surface area contributed by atoms with E-state index < -0.39 is 0 Å². The van der Waals surface area contributed by atoms with Crippen LogP contribution < -0.4 is 5.32 Å². The van der Waals surface area contributed by atoms with Crippen LogP contribution in [0.5, 0.6) is 0 Å². The minimum atomic E-state index is -0.0563. The first-order valence-electron chi connectivity index (χ1n) is 8.16. The predicted molar refractivity (Wildman–Crippen MR) is 91.1 cm³/mol. The number of rotatable bonds is 5. The lowest BCUT2D eigenvalue weighted by molar-refractivity contribution is -0.118. The van der Waals surface area contributed by atoms with E-state index in [1.807, 2.05) is 38.1 Å². The summed E-state index contributed by atoms with van der Waals surface area (Å²) in [4.78, 5) is 11.8. The number of hydrogen-bond donors (Lipinski definition) is 1. The van der Waals surface area contributed by atoms with Gasteiger partial charge in [-0.3, -0.25) is 4.79 Å². The highest BCUT2D eigenvalue weighted by Gasteiger charge is 2.19. The van der Waals surface area contributed by atoms with Gasteiger partial charge >= 0.3 is 0 Å². The van der Waals surface area contributed by atoms with Crippen LogP contribution in [-0.4, -0.2) is 18.4 Å². The average Bonchev–Trinajstić information content (AvgIpc) is 2.52. The molecule has 1 fully saturated rings. The zero-order valence-corrected chi connectivity index (χ0v) is 14.2. The maximum Gasteiger partial charge on any atom is 0.138 e. The number of halogens is 1. The molecule has 2 nitrogen and oxygen atoms in total. The van der Waals surface area contributed by atoms with Gasteiger partial charge in [-0.1, -0.05) is 56.8 Å². The number of Topliss-reactive ketones (excluding diaryl/α,β-unsaturated/α-hetero) is 1. The highest BCUT2D eigenvalue weighted by Crippen LogP contribution is 2.21. The van der Waals surface area contributed by atoms with Crippen molar-refractivity contribution in [2.75, 3.05) is 6.54 Å². The lowest BCUT2D eigenvalue weighted by atomic mass is 9.92. The van der Waals surface area contributed by atoms with Crippen LogP contribution >= 0.6 is 11.6 Å². The van der Waals surface area contributed by atoms with Crippen molar-refractivity contribution in [1.29, 1.82) is 0 Å². The van der Waals surface area contributed by atoms with Crippen LogP contribution in [0.2, 0.25) is 5.02 Å². The molecule has 1 atom stereocenters. The lowest BCUT2D eigenvalue weighted by Crippen LogP contribution is -2.35. The van der Waals surface area contributed by atoms with Gasteiger partial charge in [-0.05, 0) is 37.5 Å². The fourth-order valence-electron chi connectivity index (χ4n) is 2.78. The molecule has 0 radical (unpaired) electrons. The predicted octanol–water partition coefficient (Wildman–Crippen LogP) is 4.96. The van der Waals surface area contributed by atoms with E-state index in [-0.39, 0.29) is 11.7 Å². The Morgan fingerprint density at radius 2 is 1.76 bits per heavy atom. The highest BCUT2D eigenvalue weighted by atomic mass is 35.5. The van der Waals surface area contributed by atoms with E-state index in [9.17, 15) is 4.79 Å². The Labute approximate surface area is 134 Å². The van der Waals surface area contributed by atoms with Gasteiger partial charge in [0.25, 0.3) is 0 Å². The van der Waals surface area contributed by atoms with Gasteiger partial charge in [-0.25, -0.2) is 0 Å². The molecule has 2 rings (SSSR count). The average molecular weight is 310 g/mol. The van der Waals surface area contributed by atoms with Gasteiger partial charge in [0.1, 0.15) is 5.78 Å². The van der Waals surface area contributed by atoms with E-state index in [2.05, 4.69) is 5.32 Å². The largest absolute Gasteiger partial charge is 0.313 e. The van der Waals surface area contributed by atoms with E-state index in [1.165, 1.54) is 32.1 Å². The molecule has 118 valence electrons. The van der Waals surface area contributed by atoms with Crippen molar-refractivity contribution in [3.63, 3.8) is 0 Å². The quantitative estimate of drug-likeness (QED) is 0.832. The van der Waals surface area contributed by atoms with Crippen LogP contribution in [0.1, 0.15) is 64.4 Å². The fourth-order valence-corrected chi connectivity index (χ4v) is 2.91. The molecule has 1 unspecified atom stereocenters. The van der Waals surface area contributed by atoms with Crippen molar-refractivity contribution < 1.29 is 4.79 Å². The summed E-state index contributed by atoms with van der Waals surface area (Å²) in [6, 6.07) is 8.21. The first-order chi connectivity index (χ1) is 10.2. The Hall–Kier alpha value is -0.860. The Morgan fingerprint density at radius 3 is 2.29 bits per heavy atom. The Morgan fingerprint density at radius 1 is 1.19 bits per heavy atom. The van der Waals surface area contributed by atoms with Crippen molar-refractivity contribution in [1.82, 2.24) is 5.32 Å². The Balaban J connectivity index is 0.00000106. The van der Waals surface area contributed by atoms with Gasteiger partial charge in [-0.2, -0.15) is 0 Å². The molecule has 0 aliphatic heterocycles. The molecule has 1 aliphatic carbocycles. The van der Waals surface area contributed by atoms with Crippen molar-refractivity contribution in [2.45, 2.75) is 64.8 Å². The molecule has 1 saturated carbocycles. The van der Waals surface area contributed by atoms with Crippen LogP contribution in [0.4, 0.5) is 0 Å². The number of benzene rings is 1. The second-order valence-corrected chi connectivity index (χ2v) is 5.89. The first kappa shape index (κ1) is 18.2. The SMILES string of the molecule is CC.CC(=O)C(CNC1CCCCC1)c1ccc(Cl)cc1. The third kappa shape index (κ3) is 6.19. The van der Waals surface area contributed by atoms with Crippen LogP contribution in [-0.2, 0) is 4.79 Å². The van der Waals surface area contributed by atoms with Gasteiger partial charge in [-0.15, -0.1) is 0 Å². The van der Waals surface area contributed by atoms with Crippen molar-refractivity contribution >= 4 is 17.4 Å². The third-order valence-electron chi connectivity index (χ3n) is 3.98. The molecule has 0 aromatic heterocycles. The van der Waals surface area contributed by atoms with Gasteiger partial charge in [0, 0.05) is 17.6 Å². The third-order valence-corrected chi connectivity index (χ3v) is 4.23. The monoisotopic (exact) mass is 309 g/mol. The van der Waals surface area contributed by atoms with E-state index in [1.54, 1.807) is 6.92 Å². The highest BCUT2D eigenvalue weighted by molar-refractivity contribution is 6.30. The molecule has 1 aromatic rings. The molecule has 1 N–H and O–H groups in total. The van der Waals surface area contributed by atoms with Gasteiger partial charge < -0.3 is 5.32 Å². The number of carbonyl (C=O) groups is 1. The summed E-state index contributed by atoms with van der Waals surface area (Å²) in [5.41, 5.74) is 1.06. The van der Waals surface area contributed by atoms with E-state index >= 15 is 0 Å². The topological polar surface area (TPSA) is 29.1 Å². The fraction of sp³-hybridized carbons (Fsp3) is 0.611. The summed E-state index contributed by atoms with van der Waals surface area (Å²) in [6.45, 7) is 6.41. The van der Waals surface area contributed by atoms with Gasteiger partial charge in [0.15, 0.2) is 0 Å². The number of ketones is 1. The molecule has 1 aromatic carbocycles. The minimum absolute atomic E-state index is 0.0563. The van der Waals surface area contributed by atoms with Crippen LogP contribution in [0.15, 0.2) is 24.3 Å². The molecule has 3 heteroatoms. The molecule has 0 amide bonds. The lowest BCUT2D eigenvalue weighted by Gasteiger charge is -2.25. The molecule has 0 heterocycles. The summed E-state index contributed by atoms with van der Waals surface area (Å²) in [7, 11) is 0. The van der Waals surface area contributed by atoms with Crippen molar-refractivity contribution in [3.8, 4) is 0 Å². The van der Waals surface area contributed by atoms with Crippen molar-refractivity contribution in [3.05, 3.63) is 34.9 Å². The number of carbonyl (C=O) groups excluding carboxylic acids is 1. The number of hydrogen-bond acceptors (Lipinski definition) is 2. The maximum atomic E-state index is 11.8. The second kappa shape index (κ2) is 9.97. The van der Waals surface area contributed by atoms with E-state index in [4.69, 9.17) is 11.6 Å². The Kier molecular flexibility index (Phi) is 8.63. The maximum absolute atomic E-state index is 11.8. The van der Waals surface area contributed by atoms with E-state index in [0.29, 0.717) is 11.1 Å². The zero-order valence-electron chi connectivity index (χ0n) is 13.5. The molecule has 21 heavy (non-hydrogen) atoms. The summed E-state index contributed by atoms with van der Waals surface area (Å²) in [5, 5.41) is 4.28. The van der Waals surface area contributed by atoms with Crippen LogP contribution in [0.25, 0.3) is 0 Å². The first-order valence-corrected chi connectivity index (χ1v) is 8.54. The smallest absolute Gasteiger partial charge is 0.138 e. The normalized spacial score (nSPS) is 16.8. The molecule has 0 bridgehead atoms. The summed E-state index contributed by atoms with van der Waals surface area (Å²) in [6.07, 6.45) is 6.45. The molecular weight excluding hydrogens is 282 g/mol. The summed E-state index contributed by atoms with van der Waals surface area (Å²) < 4.78 is 0. The van der Waals surface area contributed by atoms with Crippen LogP contribution in [0.3, 0.4) is 0 Å². The zero-order chi connectivity index (χ0) is 15.7. The van der Waals surface area contributed by atoms with E-state index in [0.717, 1.165) is 12.1 Å². The summed E-state index contributed by atoms with van der Waals surface area (Å²) >= 11 is 5.89. The Bertz CT molecular complexity index is 410. The number of nitrogens with one attached hydrogen (secondary N) is 1. The van der Waals surface area contributed by atoms with Gasteiger partial charge in [0.2, 0.25) is 0 Å². The molecule has 0 spiro atoms. The second-order valence-electron chi connectivity index (χ2n) is 5.46. The van der Waals surface area contributed by atoms with Crippen molar-refractivity contribution in [2.24, 2.45) is 0 Å².